The minimum Gasteiger partial charge on any atom is -0.494 e. The van der Waals surface area contributed by atoms with Crippen LogP contribution in [0.5, 0.6) is 5.75 Å². The number of ether oxygens (including phenoxy) is 1. The van der Waals surface area contributed by atoms with Crippen molar-refractivity contribution in [3.63, 3.8) is 0 Å². The maximum Gasteiger partial charge on any atom is 0.390 e. The Hall–Kier alpha value is -1.92. The summed E-state index contributed by atoms with van der Waals surface area (Å²) in [5, 5.41) is 5.61. The first-order valence-corrected chi connectivity index (χ1v) is 7.61. The van der Waals surface area contributed by atoms with Crippen molar-refractivity contribution in [3.05, 3.63) is 29.8 Å². The number of hydrogen-bond acceptors (Lipinski definition) is 2. The molecular weight excluding hydrogens is 307 g/mol. The molecule has 4 nitrogen and oxygen atoms in total. The van der Waals surface area contributed by atoms with Crippen molar-refractivity contribution in [1.29, 1.82) is 0 Å². The molecule has 0 spiro atoms. The van der Waals surface area contributed by atoms with Crippen LogP contribution in [0.3, 0.4) is 0 Å². The van der Waals surface area contributed by atoms with Gasteiger partial charge in [-0.1, -0.05) is 17.7 Å². The SMILES string of the molecule is CN=C(NCCCCOc1ccc(C)cc1)NCCC(F)(F)F. The average Bonchev–Trinajstić information content (AvgIpc) is 2.49. The number of alkyl halides is 3. The second-order valence-corrected chi connectivity index (χ2v) is 5.16. The molecule has 0 bridgehead atoms. The number of nitrogens with zero attached hydrogens (tertiary/aromatic N) is 1. The number of hydrogen-bond donors (Lipinski definition) is 2. The van der Waals surface area contributed by atoms with E-state index in [1.165, 1.54) is 12.6 Å². The number of benzene rings is 1. The molecule has 0 amide bonds. The summed E-state index contributed by atoms with van der Waals surface area (Å²) in [6.07, 6.45) is -3.34. The highest BCUT2D eigenvalue weighted by Crippen LogP contribution is 2.18. The van der Waals surface area contributed by atoms with E-state index in [2.05, 4.69) is 15.6 Å². The van der Waals surface area contributed by atoms with Gasteiger partial charge in [-0.05, 0) is 31.9 Å². The van der Waals surface area contributed by atoms with Gasteiger partial charge in [0.25, 0.3) is 0 Å². The monoisotopic (exact) mass is 331 g/mol. The van der Waals surface area contributed by atoms with Gasteiger partial charge in [0.1, 0.15) is 5.75 Å². The topological polar surface area (TPSA) is 45.7 Å². The maximum atomic E-state index is 12.0. The number of rotatable bonds is 8. The molecule has 130 valence electrons. The second-order valence-electron chi connectivity index (χ2n) is 5.16. The molecule has 0 unspecified atom stereocenters. The smallest absolute Gasteiger partial charge is 0.390 e. The van der Waals surface area contributed by atoms with Crippen molar-refractivity contribution in [2.75, 3.05) is 26.7 Å². The summed E-state index contributed by atoms with van der Waals surface area (Å²) in [5.74, 6) is 1.22. The Balaban J connectivity index is 2.07. The fourth-order valence-electron chi connectivity index (χ4n) is 1.80. The molecule has 0 fully saturated rings. The lowest BCUT2D eigenvalue weighted by atomic mass is 10.2. The second kappa shape index (κ2) is 9.97. The molecule has 0 aromatic heterocycles. The molecule has 23 heavy (non-hydrogen) atoms. The van der Waals surface area contributed by atoms with Crippen molar-refractivity contribution in [2.45, 2.75) is 32.4 Å². The molecule has 0 heterocycles. The van der Waals surface area contributed by atoms with Gasteiger partial charge in [0, 0.05) is 20.1 Å². The van der Waals surface area contributed by atoms with Crippen molar-refractivity contribution in [2.24, 2.45) is 4.99 Å². The summed E-state index contributed by atoms with van der Waals surface area (Å²) in [5.41, 5.74) is 1.19. The predicted octanol–water partition coefficient (Wildman–Crippen LogP) is 3.27. The van der Waals surface area contributed by atoms with E-state index in [1.54, 1.807) is 0 Å². The van der Waals surface area contributed by atoms with Gasteiger partial charge in [-0.25, -0.2) is 0 Å². The number of aliphatic imine (C=N–C) groups is 1. The fourth-order valence-corrected chi connectivity index (χ4v) is 1.80. The van der Waals surface area contributed by atoms with Crippen LogP contribution in [0.25, 0.3) is 0 Å². The quantitative estimate of drug-likeness (QED) is 0.437. The summed E-state index contributed by atoms with van der Waals surface area (Å²) in [6, 6.07) is 7.85. The Labute approximate surface area is 135 Å². The van der Waals surface area contributed by atoms with Gasteiger partial charge < -0.3 is 15.4 Å². The van der Waals surface area contributed by atoms with E-state index >= 15 is 0 Å². The maximum absolute atomic E-state index is 12.0. The third-order valence-corrected chi connectivity index (χ3v) is 3.08. The first-order chi connectivity index (χ1) is 10.9. The molecule has 2 N–H and O–H groups in total. The third kappa shape index (κ3) is 9.65. The highest BCUT2D eigenvalue weighted by Gasteiger charge is 2.26. The molecule has 0 aliphatic rings. The molecular formula is C16H24F3N3O. The largest absolute Gasteiger partial charge is 0.494 e. The minimum atomic E-state index is -4.15. The third-order valence-electron chi connectivity index (χ3n) is 3.08. The zero-order valence-corrected chi connectivity index (χ0v) is 13.5. The number of halogens is 3. The molecule has 0 saturated heterocycles. The normalized spacial score (nSPS) is 12.1. The first-order valence-electron chi connectivity index (χ1n) is 7.61. The van der Waals surface area contributed by atoms with Gasteiger partial charge in [0.2, 0.25) is 0 Å². The molecule has 1 aromatic rings. The van der Waals surface area contributed by atoms with Crippen LogP contribution in [-0.4, -0.2) is 38.9 Å². The van der Waals surface area contributed by atoms with Crippen LogP contribution in [0.4, 0.5) is 13.2 Å². The van der Waals surface area contributed by atoms with Crippen LogP contribution in [0.15, 0.2) is 29.3 Å². The van der Waals surface area contributed by atoms with E-state index in [1.807, 2.05) is 31.2 Å². The van der Waals surface area contributed by atoms with Gasteiger partial charge in [-0.3, -0.25) is 4.99 Å². The van der Waals surface area contributed by atoms with E-state index in [9.17, 15) is 13.2 Å². The van der Waals surface area contributed by atoms with Gasteiger partial charge in [-0.15, -0.1) is 0 Å². The Kier molecular flexibility index (Phi) is 8.29. The Morgan fingerprint density at radius 3 is 2.35 bits per heavy atom. The average molecular weight is 331 g/mol. The summed E-state index contributed by atoms with van der Waals surface area (Å²) in [6.45, 7) is 3.07. The molecule has 1 rings (SSSR count). The van der Waals surface area contributed by atoms with E-state index in [4.69, 9.17) is 4.74 Å². The van der Waals surface area contributed by atoms with Gasteiger partial charge in [0.15, 0.2) is 5.96 Å². The van der Waals surface area contributed by atoms with Crippen LogP contribution in [0, 0.1) is 6.92 Å². The number of aryl methyl sites for hydroxylation is 1. The number of unbranched alkanes of at least 4 members (excludes halogenated alkanes) is 1. The highest BCUT2D eigenvalue weighted by molar-refractivity contribution is 5.79. The van der Waals surface area contributed by atoms with Crippen LogP contribution in [-0.2, 0) is 0 Å². The van der Waals surface area contributed by atoms with Crippen LogP contribution < -0.4 is 15.4 Å². The minimum absolute atomic E-state index is 0.181. The van der Waals surface area contributed by atoms with Crippen molar-refractivity contribution < 1.29 is 17.9 Å². The molecule has 0 saturated carbocycles. The lowest BCUT2D eigenvalue weighted by Gasteiger charge is -2.13. The highest BCUT2D eigenvalue weighted by atomic mass is 19.4. The number of nitrogens with one attached hydrogen (secondary N) is 2. The summed E-state index contributed by atoms with van der Waals surface area (Å²) < 4.78 is 41.7. The molecule has 0 aliphatic carbocycles. The van der Waals surface area contributed by atoms with Crippen molar-refractivity contribution in [3.8, 4) is 5.75 Å². The molecule has 7 heteroatoms. The molecule has 0 aliphatic heterocycles. The lowest BCUT2D eigenvalue weighted by molar-refractivity contribution is -0.132. The lowest BCUT2D eigenvalue weighted by Crippen LogP contribution is -2.39. The van der Waals surface area contributed by atoms with Crippen LogP contribution >= 0.6 is 0 Å². The van der Waals surface area contributed by atoms with E-state index < -0.39 is 12.6 Å². The van der Waals surface area contributed by atoms with Crippen molar-refractivity contribution >= 4 is 5.96 Å². The van der Waals surface area contributed by atoms with Gasteiger partial charge in [0.05, 0.1) is 13.0 Å². The first kappa shape index (κ1) is 19.1. The van der Waals surface area contributed by atoms with Crippen LogP contribution in [0.1, 0.15) is 24.8 Å². The van der Waals surface area contributed by atoms with E-state index in [0.29, 0.717) is 19.1 Å². The number of guanidine groups is 1. The Morgan fingerprint density at radius 1 is 1.09 bits per heavy atom. The Morgan fingerprint density at radius 2 is 1.74 bits per heavy atom. The van der Waals surface area contributed by atoms with Gasteiger partial charge >= 0.3 is 6.18 Å². The Bertz CT molecular complexity index is 472. The van der Waals surface area contributed by atoms with Crippen molar-refractivity contribution in [1.82, 2.24) is 10.6 Å². The standard InChI is InChI=1S/C16H24F3N3O/c1-13-5-7-14(8-6-13)23-12-4-3-10-21-15(20-2)22-11-9-16(17,18)19/h5-8H,3-4,9-12H2,1-2H3,(H2,20,21,22). The van der Waals surface area contributed by atoms with Crippen LogP contribution in [0.2, 0.25) is 0 Å². The molecule has 0 radical (unpaired) electrons. The summed E-state index contributed by atoms with van der Waals surface area (Å²) in [4.78, 5) is 3.88. The molecule has 0 atom stereocenters. The van der Waals surface area contributed by atoms with Gasteiger partial charge in [-0.2, -0.15) is 13.2 Å². The van der Waals surface area contributed by atoms with E-state index in [-0.39, 0.29) is 6.54 Å². The zero-order chi connectivity index (χ0) is 17.1. The summed E-state index contributed by atoms with van der Waals surface area (Å²) in [7, 11) is 1.53. The summed E-state index contributed by atoms with van der Waals surface area (Å²) >= 11 is 0. The zero-order valence-electron chi connectivity index (χ0n) is 13.5. The molecule has 1 aromatic carbocycles. The predicted molar refractivity (Wildman–Crippen MR) is 85.9 cm³/mol. The fraction of sp³-hybridized carbons (Fsp3) is 0.562. The van der Waals surface area contributed by atoms with E-state index in [0.717, 1.165) is 18.6 Å².